The molecular formula is C11H19NO4S. The summed E-state index contributed by atoms with van der Waals surface area (Å²) in [6, 6.07) is -0.814. The fourth-order valence-corrected chi connectivity index (χ4v) is 2.25. The van der Waals surface area contributed by atoms with Gasteiger partial charge in [-0.1, -0.05) is 6.92 Å². The molecule has 0 aliphatic carbocycles. The number of carboxylic acid groups (broad SMARTS) is 1. The van der Waals surface area contributed by atoms with Gasteiger partial charge in [-0.2, -0.15) is 11.8 Å². The van der Waals surface area contributed by atoms with Crippen LogP contribution in [0, 0.1) is 5.92 Å². The zero-order chi connectivity index (χ0) is 12.8. The van der Waals surface area contributed by atoms with Crippen molar-refractivity contribution in [1.29, 1.82) is 0 Å². The average Bonchev–Trinajstić information content (AvgIpc) is 2.70. The van der Waals surface area contributed by atoms with Crippen LogP contribution < -0.4 is 5.32 Å². The first-order valence-electron chi connectivity index (χ1n) is 5.70. The minimum absolute atomic E-state index is 0.157. The van der Waals surface area contributed by atoms with Crippen LogP contribution in [-0.2, 0) is 14.3 Å². The van der Waals surface area contributed by atoms with Gasteiger partial charge in [0.15, 0.2) is 0 Å². The fourth-order valence-electron chi connectivity index (χ4n) is 1.78. The number of thioether (sulfide) groups is 1. The summed E-state index contributed by atoms with van der Waals surface area (Å²) in [6.45, 7) is 2.51. The largest absolute Gasteiger partial charge is 0.480 e. The van der Waals surface area contributed by atoms with Crippen LogP contribution in [0.5, 0.6) is 0 Å². The molecule has 3 unspecified atom stereocenters. The molecule has 1 heterocycles. The maximum Gasteiger partial charge on any atom is 0.326 e. The molecule has 5 nitrogen and oxygen atoms in total. The van der Waals surface area contributed by atoms with Crippen molar-refractivity contribution in [2.75, 3.05) is 18.6 Å². The molecule has 98 valence electrons. The smallest absolute Gasteiger partial charge is 0.326 e. The van der Waals surface area contributed by atoms with Gasteiger partial charge < -0.3 is 15.2 Å². The summed E-state index contributed by atoms with van der Waals surface area (Å²) in [5.74, 6) is -0.426. The minimum atomic E-state index is -0.988. The molecule has 0 aromatic heterocycles. The molecule has 0 spiro atoms. The Morgan fingerprint density at radius 1 is 1.59 bits per heavy atom. The summed E-state index contributed by atoms with van der Waals surface area (Å²) in [4.78, 5) is 22.8. The van der Waals surface area contributed by atoms with Crippen LogP contribution in [0.2, 0.25) is 0 Å². The molecule has 6 heteroatoms. The topological polar surface area (TPSA) is 75.6 Å². The van der Waals surface area contributed by atoms with Crippen molar-refractivity contribution in [2.24, 2.45) is 5.92 Å². The lowest BCUT2D eigenvalue weighted by Crippen LogP contribution is -2.47. The van der Waals surface area contributed by atoms with Gasteiger partial charge in [0.2, 0.25) is 5.91 Å². The van der Waals surface area contributed by atoms with Crippen LogP contribution in [-0.4, -0.2) is 47.7 Å². The Hall–Kier alpha value is -0.750. The molecule has 1 rings (SSSR count). The van der Waals surface area contributed by atoms with Crippen molar-refractivity contribution in [3.63, 3.8) is 0 Å². The molecule has 3 atom stereocenters. The Morgan fingerprint density at radius 3 is 2.76 bits per heavy atom. The molecule has 1 fully saturated rings. The molecule has 2 N–H and O–H groups in total. The van der Waals surface area contributed by atoms with Crippen molar-refractivity contribution in [3.8, 4) is 0 Å². The molecule has 1 saturated heterocycles. The maximum absolute atomic E-state index is 11.8. The van der Waals surface area contributed by atoms with Crippen LogP contribution in [0.25, 0.3) is 0 Å². The Labute approximate surface area is 105 Å². The third-order valence-corrected chi connectivity index (χ3v) is 3.52. The Balaban J connectivity index is 2.48. The first kappa shape index (κ1) is 14.3. The van der Waals surface area contributed by atoms with Crippen molar-refractivity contribution < 1.29 is 19.4 Å². The SMILES string of the molecule is CSCCC(NC(=O)C1OCCC1C)C(=O)O. The van der Waals surface area contributed by atoms with E-state index in [0.717, 1.165) is 6.42 Å². The summed E-state index contributed by atoms with van der Waals surface area (Å²) >= 11 is 1.56. The highest BCUT2D eigenvalue weighted by Gasteiger charge is 2.33. The minimum Gasteiger partial charge on any atom is -0.480 e. The number of aliphatic carboxylic acids is 1. The van der Waals surface area contributed by atoms with Gasteiger partial charge in [0, 0.05) is 6.61 Å². The lowest BCUT2D eigenvalue weighted by atomic mass is 10.0. The van der Waals surface area contributed by atoms with Gasteiger partial charge in [-0.3, -0.25) is 4.79 Å². The van der Waals surface area contributed by atoms with E-state index in [2.05, 4.69) is 5.32 Å². The van der Waals surface area contributed by atoms with E-state index in [0.29, 0.717) is 18.8 Å². The van der Waals surface area contributed by atoms with Crippen LogP contribution in [0.15, 0.2) is 0 Å². The van der Waals surface area contributed by atoms with Crippen LogP contribution in [0.3, 0.4) is 0 Å². The summed E-state index contributed by atoms with van der Waals surface area (Å²) in [5, 5.41) is 11.5. The second kappa shape index (κ2) is 6.86. The van der Waals surface area contributed by atoms with E-state index < -0.39 is 18.1 Å². The standard InChI is InChI=1S/C11H19NO4S/c1-7-3-5-16-9(7)10(13)12-8(11(14)15)4-6-17-2/h7-9H,3-6H2,1-2H3,(H,12,13)(H,14,15). The second-order valence-corrected chi connectivity index (χ2v) is 5.22. The van der Waals surface area contributed by atoms with Crippen LogP contribution in [0.1, 0.15) is 19.8 Å². The van der Waals surface area contributed by atoms with Crippen molar-refractivity contribution >= 4 is 23.6 Å². The zero-order valence-electron chi connectivity index (χ0n) is 10.1. The van der Waals surface area contributed by atoms with E-state index >= 15 is 0 Å². The predicted octanol–water partition coefficient (Wildman–Crippen LogP) is 0.734. The number of carbonyl (C=O) groups excluding carboxylic acids is 1. The summed E-state index contributed by atoms with van der Waals surface area (Å²) < 4.78 is 5.30. The van der Waals surface area contributed by atoms with E-state index in [1.807, 2.05) is 13.2 Å². The molecule has 0 aromatic carbocycles. The average molecular weight is 261 g/mol. The highest BCUT2D eigenvalue weighted by Crippen LogP contribution is 2.20. The molecule has 1 aliphatic heterocycles. The van der Waals surface area contributed by atoms with E-state index in [4.69, 9.17) is 9.84 Å². The molecule has 17 heavy (non-hydrogen) atoms. The lowest BCUT2D eigenvalue weighted by molar-refractivity contribution is -0.144. The van der Waals surface area contributed by atoms with Gasteiger partial charge >= 0.3 is 5.97 Å². The Morgan fingerprint density at radius 2 is 2.29 bits per heavy atom. The van der Waals surface area contributed by atoms with Crippen LogP contribution in [0.4, 0.5) is 0 Å². The quantitative estimate of drug-likeness (QED) is 0.737. The van der Waals surface area contributed by atoms with Gasteiger partial charge in [0.1, 0.15) is 12.1 Å². The molecule has 1 aliphatic rings. The van der Waals surface area contributed by atoms with Gasteiger partial charge in [-0.15, -0.1) is 0 Å². The number of amides is 1. The zero-order valence-corrected chi connectivity index (χ0v) is 11.0. The number of nitrogens with one attached hydrogen (secondary N) is 1. The molecule has 0 radical (unpaired) electrons. The van der Waals surface area contributed by atoms with E-state index in [1.54, 1.807) is 11.8 Å². The monoisotopic (exact) mass is 261 g/mol. The summed E-state index contributed by atoms with van der Waals surface area (Å²) in [5.41, 5.74) is 0. The molecule has 0 aromatic rings. The van der Waals surface area contributed by atoms with Gasteiger partial charge in [0.25, 0.3) is 0 Å². The normalized spacial score (nSPS) is 25.5. The number of carbonyl (C=O) groups is 2. The first-order valence-corrected chi connectivity index (χ1v) is 7.09. The van der Waals surface area contributed by atoms with E-state index in [-0.39, 0.29) is 11.8 Å². The number of ether oxygens (including phenoxy) is 1. The van der Waals surface area contributed by atoms with Crippen LogP contribution >= 0.6 is 11.8 Å². The Kier molecular flexibility index (Phi) is 5.77. The lowest BCUT2D eigenvalue weighted by Gasteiger charge is -2.18. The third kappa shape index (κ3) is 4.20. The highest BCUT2D eigenvalue weighted by molar-refractivity contribution is 7.98. The number of hydrogen-bond acceptors (Lipinski definition) is 4. The number of hydrogen-bond donors (Lipinski definition) is 2. The number of carboxylic acids is 1. The molecule has 0 bridgehead atoms. The molecule has 1 amide bonds. The Bertz CT molecular complexity index is 285. The highest BCUT2D eigenvalue weighted by atomic mass is 32.2. The van der Waals surface area contributed by atoms with Crippen molar-refractivity contribution in [1.82, 2.24) is 5.32 Å². The molecular weight excluding hydrogens is 242 g/mol. The number of rotatable bonds is 6. The third-order valence-electron chi connectivity index (χ3n) is 2.87. The van der Waals surface area contributed by atoms with Gasteiger partial charge in [0.05, 0.1) is 0 Å². The van der Waals surface area contributed by atoms with Gasteiger partial charge in [-0.25, -0.2) is 4.79 Å². The van der Waals surface area contributed by atoms with Gasteiger partial charge in [-0.05, 0) is 30.8 Å². The molecule has 0 saturated carbocycles. The van der Waals surface area contributed by atoms with E-state index in [1.165, 1.54) is 0 Å². The summed E-state index contributed by atoms with van der Waals surface area (Å²) in [7, 11) is 0. The van der Waals surface area contributed by atoms with Crippen molar-refractivity contribution in [3.05, 3.63) is 0 Å². The predicted molar refractivity (Wildman–Crippen MR) is 66.1 cm³/mol. The van der Waals surface area contributed by atoms with E-state index in [9.17, 15) is 9.59 Å². The van der Waals surface area contributed by atoms with Crippen molar-refractivity contribution in [2.45, 2.75) is 31.9 Å². The summed E-state index contributed by atoms with van der Waals surface area (Å²) in [6.07, 6.45) is 2.69. The second-order valence-electron chi connectivity index (χ2n) is 4.24. The first-order chi connectivity index (χ1) is 8.06. The fraction of sp³-hybridized carbons (Fsp3) is 0.818. The maximum atomic E-state index is 11.8.